The second-order valence-electron chi connectivity index (χ2n) is 7.17. The summed E-state index contributed by atoms with van der Waals surface area (Å²) in [5.41, 5.74) is 2.51. The third kappa shape index (κ3) is 6.47. The van der Waals surface area contributed by atoms with Crippen molar-refractivity contribution < 1.29 is 27.2 Å². The van der Waals surface area contributed by atoms with Gasteiger partial charge in [-0.15, -0.1) is 0 Å². The maximum atomic E-state index is 14.4. The average molecular weight is 540 g/mol. The van der Waals surface area contributed by atoms with E-state index in [1.165, 1.54) is 32.6 Å². The van der Waals surface area contributed by atoms with Gasteiger partial charge in [0.2, 0.25) is 10.0 Å². The molecule has 0 fully saturated rings. The minimum atomic E-state index is -3.73. The van der Waals surface area contributed by atoms with E-state index in [4.69, 9.17) is 21.2 Å². The van der Waals surface area contributed by atoms with Gasteiger partial charge in [0.25, 0.3) is 5.91 Å². The van der Waals surface area contributed by atoms with Crippen LogP contribution in [0.15, 0.2) is 36.7 Å². The monoisotopic (exact) mass is 539 g/mol. The standard InChI is InChI=1S/C21H23ClFN7O5S/c1-5-35-29-20(31)12-11-25-19(27-18-6-7-24-21(28-18)34-3)10-15(12)26-16-9-14(23)13(22)8-17(16)30(2)36(4,32)33/h6-11H,5H2,1-4H3,(H,29,31)(H2,24,25,26,27,28). The largest absolute Gasteiger partial charge is 0.467 e. The summed E-state index contributed by atoms with van der Waals surface area (Å²) in [6, 6.07) is 5.32. The zero-order chi connectivity index (χ0) is 26.5. The van der Waals surface area contributed by atoms with Crippen molar-refractivity contribution in [2.45, 2.75) is 6.92 Å². The number of ether oxygens (including phenoxy) is 1. The van der Waals surface area contributed by atoms with Crippen molar-refractivity contribution in [2.24, 2.45) is 0 Å². The molecule has 0 saturated carbocycles. The number of pyridine rings is 1. The van der Waals surface area contributed by atoms with Gasteiger partial charge in [0.05, 0.1) is 47.6 Å². The Morgan fingerprint density at radius 2 is 1.92 bits per heavy atom. The summed E-state index contributed by atoms with van der Waals surface area (Å²) in [5.74, 6) is -0.847. The van der Waals surface area contributed by atoms with Gasteiger partial charge in [0.1, 0.15) is 17.5 Å². The molecule has 3 aromatic rings. The Labute approximate surface area is 211 Å². The van der Waals surface area contributed by atoms with Crippen LogP contribution in [0.25, 0.3) is 0 Å². The van der Waals surface area contributed by atoms with E-state index >= 15 is 0 Å². The number of hydrogen-bond donors (Lipinski definition) is 3. The number of carbonyl (C=O) groups excluding carboxylic acids is 1. The highest BCUT2D eigenvalue weighted by Crippen LogP contribution is 2.35. The van der Waals surface area contributed by atoms with Crippen molar-refractivity contribution in [3.8, 4) is 6.01 Å². The summed E-state index contributed by atoms with van der Waals surface area (Å²) in [7, 11) is -1.03. The number of nitrogens with one attached hydrogen (secondary N) is 3. The fourth-order valence-corrected chi connectivity index (χ4v) is 3.53. The number of hydroxylamine groups is 1. The number of aromatic nitrogens is 3. The number of sulfonamides is 1. The maximum absolute atomic E-state index is 14.4. The molecule has 2 aromatic heterocycles. The first-order valence-corrected chi connectivity index (χ1v) is 12.5. The van der Waals surface area contributed by atoms with E-state index in [1.54, 1.807) is 13.0 Å². The number of carbonyl (C=O) groups is 1. The van der Waals surface area contributed by atoms with Crippen molar-refractivity contribution in [3.05, 3.63) is 53.1 Å². The molecule has 0 aliphatic carbocycles. The quantitative estimate of drug-likeness (QED) is 0.328. The van der Waals surface area contributed by atoms with E-state index < -0.39 is 21.7 Å². The van der Waals surface area contributed by atoms with Crippen LogP contribution >= 0.6 is 11.6 Å². The fraction of sp³-hybridized carbons (Fsp3) is 0.238. The van der Waals surface area contributed by atoms with E-state index in [9.17, 15) is 17.6 Å². The number of nitrogens with zero attached hydrogens (tertiary/aromatic N) is 4. The van der Waals surface area contributed by atoms with Crippen LogP contribution in [0, 0.1) is 5.82 Å². The Kier molecular flexibility index (Phi) is 8.45. The SMILES string of the molecule is CCONC(=O)c1cnc(Nc2ccnc(OC)n2)cc1Nc1cc(F)c(Cl)cc1N(C)S(C)(=O)=O. The van der Waals surface area contributed by atoms with Gasteiger partial charge in [-0.25, -0.2) is 28.3 Å². The number of halogens is 2. The van der Waals surface area contributed by atoms with Gasteiger partial charge in [-0.2, -0.15) is 4.98 Å². The van der Waals surface area contributed by atoms with Crippen LogP contribution in [0.1, 0.15) is 17.3 Å². The molecule has 0 spiro atoms. The molecule has 3 N–H and O–H groups in total. The van der Waals surface area contributed by atoms with E-state index in [0.29, 0.717) is 5.82 Å². The molecule has 0 atom stereocenters. The molecule has 192 valence electrons. The zero-order valence-electron chi connectivity index (χ0n) is 19.7. The summed E-state index contributed by atoms with van der Waals surface area (Å²) in [5, 5.41) is 5.58. The molecule has 0 bridgehead atoms. The lowest BCUT2D eigenvalue weighted by molar-refractivity contribution is 0.0365. The zero-order valence-corrected chi connectivity index (χ0v) is 21.2. The molecule has 15 heteroatoms. The second-order valence-corrected chi connectivity index (χ2v) is 9.59. The molecule has 1 aromatic carbocycles. The van der Waals surface area contributed by atoms with Gasteiger partial charge in [0, 0.05) is 31.6 Å². The lowest BCUT2D eigenvalue weighted by Gasteiger charge is -2.22. The summed E-state index contributed by atoms with van der Waals surface area (Å²) in [4.78, 5) is 30.0. The third-order valence-corrected chi connectivity index (χ3v) is 6.16. The molecular formula is C21H23ClFN7O5S. The molecule has 1 amide bonds. The number of methoxy groups -OCH3 is 1. The molecule has 0 radical (unpaired) electrons. The highest BCUT2D eigenvalue weighted by Gasteiger charge is 2.21. The maximum Gasteiger partial charge on any atom is 0.318 e. The number of anilines is 5. The topological polar surface area (TPSA) is 148 Å². The van der Waals surface area contributed by atoms with Crippen LogP contribution in [-0.4, -0.2) is 56.3 Å². The molecule has 0 aliphatic rings. The number of benzene rings is 1. The van der Waals surface area contributed by atoms with Crippen LogP contribution in [0.4, 0.5) is 33.1 Å². The van der Waals surface area contributed by atoms with Crippen LogP contribution < -0.4 is 25.2 Å². The average Bonchev–Trinajstić information content (AvgIpc) is 2.84. The van der Waals surface area contributed by atoms with Crippen molar-refractivity contribution >= 4 is 56.2 Å². The van der Waals surface area contributed by atoms with Crippen molar-refractivity contribution in [2.75, 3.05) is 42.0 Å². The molecule has 0 saturated heterocycles. The summed E-state index contributed by atoms with van der Waals surface area (Å²) >= 11 is 5.91. The normalized spacial score (nSPS) is 11.1. The molecule has 36 heavy (non-hydrogen) atoms. The van der Waals surface area contributed by atoms with Gasteiger partial charge < -0.3 is 15.4 Å². The van der Waals surface area contributed by atoms with Gasteiger partial charge >= 0.3 is 6.01 Å². The Morgan fingerprint density at radius 1 is 1.17 bits per heavy atom. The second kappa shape index (κ2) is 11.3. The predicted molar refractivity (Wildman–Crippen MR) is 133 cm³/mol. The van der Waals surface area contributed by atoms with E-state index in [2.05, 4.69) is 31.1 Å². The van der Waals surface area contributed by atoms with Crippen LogP contribution in [-0.2, 0) is 14.9 Å². The Bertz CT molecular complexity index is 1380. The molecule has 2 heterocycles. The minimum Gasteiger partial charge on any atom is -0.467 e. The van der Waals surface area contributed by atoms with Gasteiger partial charge in [-0.3, -0.25) is 13.9 Å². The first-order chi connectivity index (χ1) is 17.0. The van der Waals surface area contributed by atoms with E-state index in [-0.39, 0.29) is 46.1 Å². The molecule has 3 rings (SSSR count). The van der Waals surface area contributed by atoms with Crippen LogP contribution in [0.5, 0.6) is 6.01 Å². The lowest BCUT2D eigenvalue weighted by Crippen LogP contribution is -2.26. The number of rotatable bonds is 10. The Hall–Kier alpha value is -3.75. The van der Waals surface area contributed by atoms with Crippen molar-refractivity contribution in [1.82, 2.24) is 20.4 Å². The summed E-state index contributed by atoms with van der Waals surface area (Å²) < 4.78 is 44.7. The van der Waals surface area contributed by atoms with E-state index in [1.807, 2.05) is 0 Å². The van der Waals surface area contributed by atoms with Crippen molar-refractivity contribution in [1.29, 1.82) is 0 Å². The first-order valence-electron chi connectivity index (χ1n) is 10.3. The Balaban J connectivity index is 2.08. The highest BCUT2D eigenvalue weighted by atomic mass is 35.5. The number of amides is 1. The Morgan fingerprint density at radius 3 is 2.58 bits per heavy atom. The van der Waals surface area contributed by atoms with Gasteiger partial charge in [-0.1, -0.05) is 11.6 Å². The molecule has 0 aliphatic heterocycles. The van der Waals surface area contributed by atoms with Crippen LogP contribution in [0.2, 0.25) is 5.02 Å². The highest BCUT2D eigenvalue weighted by molar-refractivity contribution is 7.92. The smallest absolute Gasteiger partial charge is 0.318 e. The molecule has 0 unspecified atom stereocenters. The van der Waals surface area contributed by atoms with Crippen molar-refractivity contribution in [3.63, 3.8) is 0 Å². The number of hydrogen-bond acceptors (Lipinski definition) is 10. The summed E-state index contributed by atoms with van der Waals surface area (Å²) in [6.07, 6.45) is 3.71. The predicted octanol–water partition coefficient (Wildman–Crippen LogP) is 3.24. The van der Waals surface area contributed by atoms with E-state index in [0.717, 1.165) is 22.7 Å². The summed E-state index contributed by atoms with van der Waals surface area (Å²) in [6.45, 7) is 1.90. The van der Waals surface area contributed by atoms with Gasteiger partial charge in [0.15, 0.2) is 0 Å². The fourth-order valence-electron chi connectivity index (χ4n) is 2.86. The van der Waals surface area contributed by atoms with Gasteiger partial charge in [-0.05, 0) is 19.1 Å². The third-order valence-electron chi connectivity index (χ3n) is 4.67. The molecule has 12 nitrogen and oxygen atoms in total. The molecular weight excluding hydrogens is 517 g/mol. The first kappa shape index (κ1) is 26.8. The minimum absolute atomic E-state index is 0.0242. The van der Waals surface area contributed by atoms with Crippen LogP contribution in [0.3, 0.4) is 0 Å². The lowest BCUT2D eigenvalue weighted by atomic mass is 10.2.